The van der Waals surface area contributed by atoms with E-state index in [0.717, 1.165) is 26.1 Å². The van der Waals surface area contributed by atoms with E-state index >= 15 is 0 Å². The molecule has 3 nitrogen and oxygen atoms in total. The van der Waals surface area contributed by atoms with Crippen LogP contribution >= 0.6 is 0 Å². The van der Waals surface area contributed by atoms with E-state index in [1.807, 2.05) is 0 Å². The molecule has 1 fully saturated rings. The van der Waals surface area contributed by atoms with Crippen LogP contribution in [0.1, 0.15) is 17.5 Å². The summed E-state index contributed by atoms with van der Waals surface area (Å²) in [6.45, 7) is 7.24. The Hall–Kier alpha value is -1.06. The van der Waals surface area contributed by atoms with Gasteiger partial charge in [0.25, 0.3) is 0 Å². The summed E-state index contributed by atoms with van der Waals surface area (Å²) in [5.74, 6) is 0. The first-order chi connectivity index (χ1) is 8.50. The summed E-state index contributed by atoms with van der Waals surface area (Å²) in [6, 6.07) is 6.52. The smallest absolute Gasteiger partial charge is 0.0518 e. The molecule has 0 aliphatic carbocycles. The van der Waals surface area contributed by atoms with E-state index in [9.17, 15) is 0 Å². The molecule has 100 valence electrons. The van der Waals surface area contributed by atoms with Crippen LogP contribution in [0.25, 0.3) is 0 Å². The molecule has 0 saturated carbocycles. The van der Waals surface area contributed by atoms with Gasteiger partial charge in [-0.3, -0.25) is 0 Å². The van der Waals surface area contributed by atoms with Crippen molar-refractivity contribution in [1.29, 1.82) is 0 Å². The molecule has 3 heteroatoms. The summed E-state index contributed by atoms with van der Waals surface area (Å²) in [6.07, 6.45) is 1.14. The standard InChI is InChI=1S/C15H25N3/c1-12-6-5-7-13(2)14(12)18-9-8-15(10-16,11-18)17(3)4/h5-7H,8-11,16H2,1-4H3. The van der Waals surface area contributed by atoms with E-state index in [1.165, 1.54) is 16.8 Å². The van der Waals surface area contributed by atoms with Crippen molar-refractivity contribution in [3.05, 3.63) is 29.3 Å². The highest BCUT2D eigenvalue weighted by atomic mass is 15.3. The van der Waals surface area contributed by atoms with Crippen LogP contribution in [0.3, 0.4) is 0 Å². The van der Waals surface area contributed by atoms with Gasteiger partial charge in [-0.2, -0.15) is 0 Å². The summed E-state index contributed by atoms with van der Waals surface area (Å²) in [5, 5.41) is 0. The molecule has 2 rings (SSSR count). The van der Waals surface area contributed by atoms with Crippen LogP contribution in [-0.4, -0.2) is 44.2 Å². The van der Waals surface area contributed by atoms with Gasteiger partial charge in [0.1, 0.15) is 0 Å². The predicted molar refractivity (Wildman–Crippen MR) is 78.2 cm³/mol. The van der Waals surface area contributed by atoms with Gasteiger partial charge in [0.2, 0.25) is 0 Å². The largest absolute Gasteiger partial charge is 0.369 e. The van der Waals surface area contributed by atoms with Crippen molar-refractivity contribution < 1.29 is 0 Å². The number of nitrogens with two attached hydrogens (primary N) is 1. The van der Waals surface area contributed by atoms with Crippen LogP contribution in [0.2, 0.25) is 0 Å². The minimum Gasteiger partial charge on any atom is -0.369 e. The molecule has 0 bridgehead atoms. The molecular weight excluding hydrogens is 222 g/mol. The Kier molecular flexibility index (Phi) is 3.64. The third kappa shape index (κ3) is 2.13. The zero-order valence-electron chi connectivity index (χ0n) is 12.0. The van der Waals surface area contributed by atoms with Gasteiger partial charge in [0, 0.05) is 25.3 Å². The van der Waals surface area contributed by atoms with E-state index in [-0.39, 0.29) is 5.54 Å². The van der Waals surface area contributed by atoms with Gasteiger partial charge < -0.3 is 15.5 Å². The molecule has 1 unspecified atom stereocenters. The highest BCUT2D eigenvalue weighted by Gasteiger charge is 2.39. The Balaban J connectivity index is 2.28. The molecule has 2 N–H and O–H groups in total. The number of hydrogen-bond donors (Lipinski definition) is 1. The Bertz CT molecular complexity index is 407. The highest BCUT2D eigenvalue weighted by Crippen LogP contribution is 2.33. The van der Waals surface area contributed by atoms with Crippen molar-refractivity contribution in [2.24, 2.45) is 5.73 Å². The zero-order valence-corrected chi connectivity index (χ0v) is 12.0. The Morgan fingerprint density at radius 1 is 1.28 bits per heavy atom. The van der Waals surface area contributed by atoms with Crippen molar-refractivity contribution in [2.75, 3.05) is 38.6 Å². The lowest BCUT2D eigenvalue weighted by Gasteiger charge is -2.35. The number of benzene rings is 1. The third-order valence-corrected chi connectivity index (χ3v) is 4.42. The molecule has 1 atom stereocenters. The summed E-state index contributed by atoms with van der Waals surface area (Å²) in [4.78, 5) is 4.79. The van der Waals surface area contributed by atoms with Crippen molar-refractivity contribution >= 4 is 5.69 Å². The number of hydrogen-bond acceptors (Lipinski definition) is 3. The van der Waals surface area contributed by atoms with E-state index in [1.54, 1.807) is 0 Å². The molecule has 0 radical (unpaired) electrons. The van der Waals surface area contributed by atoms with Crippen molar-refractivity contribution in [3.63, 3.8) is 0 Å². The molecule has 1 aliphatic heterocycles. The maximum Gasteiger partial charge on any atom is 0.0518 e. The van der Waals surface area contributed by atoms with E-state index < -0.39 is 0 Å². The first-order valence-corrected chi connectivity index (χ1v) is 6.69. The van der Waals surface area contributed by atoms with E-state index in [2.05, 4.69) is 55.9 Å². The second kappa shape index (κ2) is 4.90. The fourth-order valence-electron chi connectivity index (χ4n) is 3.07. The minimum atomic E-state index is 0.134. The van der Waals surface area contributed by atoms with Gasteiger partial charge in [0.05, 0.1) is 5.54 Å². The van der Waals surface area contributed by atoms with Crippen LogP contribution in [-0.2, 0) is 0 Å². The molecular formula is C15H25N3. The maximum atomic E-state index is 6.02. The van der Waals surface area contributed by atoms with E-state index in [4.69, 9.17) is 5.73 Å². The molecule has 1 aromatic rings. The number of aryl methyl sites for hydroxylation is 2. The van der Waals surface area contributed by atoms with Crippen molar-refractivity contribution in [1.82, 2.24) is 4.90 Å². The molecule has 0 aromatic heterocycles. The zero-order chi connectivity index (χ0) is 13.3. The number of likely N-dealkylation sites (N-methyl/N-ethyl adjacent to an activating group) is 1. The maximum absolute atomic E-state index is 6.02. The SMILES string of the molecule is Cc1cccc(C)c1N1CCC(CN)(N(C)C)C1. The normalized spacial score (nSPS) is 24.0. The first-order valence-electron chi connectivity index (χ1n) is 6.69. The van der Waals surface area contributed by atoms with Crippen LogP contribution < -0.4 is 10.6 Å². The fraction of sp³-hybridized carbons (Fsp3) is 0.600. The predicted octanol–water partition coefficient (Wildman–Crippen LogP) is 1.77. The first kappa shape index (κ1) is 13.4. The Morgan fingerprint density at radius 2 is 1.89 bits per heavy atom. The quantitative estimate of drug-likeness (QED) is 0.883. The average Bonchev–Trinajstić information content (AvgIpc) is 2.74. The molecule has 0 spiro atoms. The molecule has 1 saturated heterocycles. The summed E-state index contributed by atoms with van der Waals surface area (Å²) in [5.41, 5.74) is 10.3. The fourth-order valence-corrected chi connectivity index (χ4v) is 3.07. The molecule has 1 aliphatic rings. The lowest BCUT2D eigenvalue weighted by atomic mass is 9.97. The van der Waals surface area contributed by atoms with Crippen LogP contribution in [0, 0.1) is 13.8 Å². The Labute approximate surface area is 111 Å². The van der Waals surface area contributed by atoms with Crippen LogP contribution in [0.5, 0.6) is 0 Å². The summed E-state index contributed by atoms with van der Waals surface area (Å²) in [7, 11) is 4.28. The number of anilines is 1. The lowest BCUT2D eigenvalue weighted by molar-refractivity contribution is 0.184. The lowest BCUT2D eigenvalue weighted by Crippen LogP contribution is -2.52. The van der Waals surface area contributed by atoms with Crippen molar-refractivity contribution in [2.45, 2.75) is 25.8 Å². The van der Waals surface area contributed by atoms with Gasteiger partial charge in [0.15, 0.2) is 0 Å². The van der Waals surface area contributed by atoms with Crippen LogP contribution in [0.15, 0.2) is 18.2 Å². The second-order valence-electron chi connectivity index (χ2n) is 5.73. The number of nitrogens with zero attached hydrogens (tertiary/aromatic N) is 2. The van der Waals surface area contributed by atoms with Gasteiger partial charge in [-0.25, -0.2) is 0 Å². The monoisotopic (exact) mass is 247 g/mol. The van der Waals surface area contributed by atoms with Gasteiger partial charge in [-0.05, 0) is 45.5 Å². The number of para-hydroxylation sites is 1. The van der Waals surface area contributed by atoms with E-state index in [0.29, 0.717) is 0 Å². The highest BCUT2D eigenvalue weighted by molar-refractivity contribution is 5.60. The molecule has 0 amide bonds. The minimum absolute atomic E-state index is 0.134. The van der Waals surface area contributed by atoms with Crippen LogP contribution in [0.4, 0.5) is 5.69 Å². The van der Waals surface area contributed by atoms with Gasteiger partial charge in [-0.15, -0.1) is 0 Å². The third-order valence-electron chi connectivity index (χ3n) is 4.42. The van der Waals surface area contributed by atoms with Crippen molar-refractivity contribution in [3.8, 4) is 0 Å². The number of rotatable bonds is 3. The molecule has 1 heterocycles. The average molecular weight is 247 g/mol. The van der Waals surface area contributed by atoms with Gasteiger partial charge in [-0.1, -0.05) is 18.2 Å². The summed E-state index contributed by atoms with van der Waals surface area (Å²) >= 11 is 0. The molecule has 18 heavy (non-hydrogen) atoms. The van der Waals surface area contributed by atoms with Gasteiger partial charge >= 0.3 is 0 Å². The molecule has 1 aromatic carbocycles. The second-order valence-corrected chi connectivity index (χ2v) is 5.73. The Morgan fingerprint density at radius 3 is 2.33 bits per heavy atom. The topological polar surface area (TPSA) is 32.5 Å². The summed E-state index contributed by atoms with van der Waals surface area (Å²) < 4.78 is 0.